The fraction of sp³-hybridized carbons (Fsp3) is 0.500. The quantitative estimate of drug-likeness (QED) is 0.653. The zero-order valence-electron chi connectivity index (χ0n) is 19.6. The van der Waals surface area contributed by atoms with E-state index in [0.717, 1.165) is 86.9 Å². The summed E-state index contributed by atoms with van der Waals surface area (Å²) in [6.07, 6.45) is 4.54. The van der Waals surface area contributed by atoms with Crippen LogP contribution in [0.2, 0.25) is 5.02 Å². The number of anilines is 1. The van der Waals surface area contributed by atoms with Crippen molar-refractivity contribution in [1.29, 1.82) is 0 Å². The Morgan fingerprint density at radius 3 is 2.62 bits per heavy atom. The molecule has 2 aliphatic heterocycles. The van der Waals surface area contributed by atoms with E-state index in [1.165, 1.54) is 0 Å². The average molecular weight is 482 g/mol. The summed E-state index contributed by atoms with van der Waals surface area (Å²) in [6, 6.07) is 7.74. The van der Waals surface area contributed by atoms with Gasteiger partial charge in [-0.15, -0.1) is 0 Å². The molecule has 8 heteroatoms. The Bertz CT molecular complexity index is 1030. The van der Waals surface area contributed by atoms with Gasteiger partial charge in [-0.3, -0.25) is 9.69 Å². The van der Waals surface area contributed by atoms with Crippen LogP contribution in [0.25, 0.3) is 5.57 Å². The molecule has 1 unspecified atom stereocenters. The van der Waals surface area contributed by atoms with Gasteiger partial charge in [0, 0.05) is 63.0 Å². The predicted octanol–water partition coefficient (Wildman–Crippen LogP) is 3.24. The Balaban J connectivity index is 1.30. The minimum Gasteiger partial charge on any atom is -0.380 e. The number of ether oxygens (including phenoxy) is 1. The molecule has 1 aliphatic carbocycles. The molecule has 0 radical (unpaired) electrons. The van der Waals surface area contributed by atoms with E-state index in [-0.39, 0.29) is 11.8 Å². The minimum absolute atomic E-state index is 0.185. The van der Waals surface area contributed by atoms with Gasteiger partial charge in [0.25, 0.3) is 0 Å². The molecule has 34 heavy (non-hydrogen) atoms. The maximum absolute atomic E-state index is 13.8. The van der Waals surface area contributed by atoms with Crippen molar-refractivity contribution < 1.29 is 9.53 Å². The smallest absolute Gasteiger partial charge is 0.231 e. The molecule has 0 spiro atoms. The van der Waals surface area contributed by atoms with Gasteiger partial charge in [0.15, 0.2) is 0 Å². The van der Waals surface area contributed by atoms with E-state index in [0.29, 0.717) is 24.7 Å². The van der Waals surface area contributed by atoms with Crippen molar-refractivity contribution in [2.45, 2.75) is 25.2 Å². The highest BCUT2D eigenvalue weighted by atomic mass is 35.5. The number of fused-ring (bicyclic) bond motifs is 1. The van der Waals surface area contributed by atoms with Crippen LogP contribution in [0.4, 0.5) is 5.82 Å². The van der Waals surface area contributed by atoms with E-state index in [9.17, 15) is 4.79 Å². The predicted molar refractivity (Wildman–Crippen MR) is 134 cm³/mol. The van der Waals surface area contributed by atoms with Gasteiger partial charge < -0.3 is 14.5 Å². The molecule has 2 fully saturated rings. The monoisotopic (exact) mass is 481 g/mol. The van der Waals surface area contributed by atoms with E-state index in [2.05, 4.69) is 26.3 Å². The van der Waals surface area contributed by atoms with Crippen molar-refractivity contribution in [2.75, 3.05) is 63.9 Å². The molecular formula is C26H32ClN5O2. The molecule has 3 heterocycles. The molecule has 5 rings (SSSR count). The number of aromatic nitrogens is 2. The van der Waals surface area contributed by atoms with E-state index in [1.54, 1.807) is 6.33 Å². The lowest BCUT2D eigenvalue weighted by Crippen LogP contribution is -2.51. The van der Waals surface area contributed by atoms with Gasteiger partial charge in [-0.05, 0) is 42.5 Å². The number of rotatable bonds is 5. The van der Waals surface area contributed by atoms with Gasteiger partial charge in [0.2, 0.25) is 5.91 Å². The first kappa shape index (κ1) is 23.3. The highest BCUT2D eigenvalue weighted by molar-refractivity contribution is 6.30. The second kappa shape index (κ2) is 10.4. The number of halogens is 1. The highest BCUT2D eigenvalue weighted by Crippen LogP contribution is 2.36. The molecule has 2 aromatic rings. The number of hydrogen-bond donors (Lipinski definition) is 0. The third-order valence-electron chi connectivity index (χ3n) is 7.14. The standard InChI is InChI=1S/C26H32ClN5O2/c1-19-3-8-23-24(19)25(29-18-28-23)31-10-12-32(13-11-31)26(33)22(20-4-6-21(27)7-5-20)17-30-9-2-15-34-16-14-30/h4-7,18,22H,1-3,8-17H2. The SMILES string of the molecule is C=C1CCc2ncnc(N3CCN(C(=O)C(CN4CCCOCC4)c4ccc(Cl)cc4)CC3)c21. The fourth-order valence-corrected chi connectivity index (χ4v) is 5.34. The first-order valence-corrected chi connectivity index (χ1v) is 12.6. The Kier molecular flexibility index (Phi) is 7.13. The number of aryl methyl sites for hydroxylation is 1. The second-order valence-corrected chi connectivity index (χ2v) is 9.74. The topological polar surface area (TPSA) is 61.8 Å². The first-order chi connectivity index (χ1) is 16.6. The van der Waals surface area contributed by atoms with Crippen LogP contribution in [0.1, 0.15) is 35.6 Å². The van der Waals surface area contributed by atoms with Crippen molar-refractivity contribution in [3.8, 4) is 0 Å². The van der Waals surface area contributed by atoms with Crippen molar-refractivity contribution in [3.63, 3.8) is 0 Å². The maximum atomic E-state index is 13.8. The number of nitrogens with zero attached hydrogens (tertiary/aromatic N) is 5. The van der Waals surface area contributed by atoms with Gasteiger partial charge >= 0.3 is 0 Å². The average Bonchev–Trinajstić information content (AvgIpc) is 3.07. The molecule has 7 nitrogen and oxygen atoms in total. The molecular weight excluding hydrogens is 450 g/mol. The summed E-state index contributed by atoms with van der Waals surface area (Å²) < 4.78 is 5.62. The van der Waals surface area contributed by atoms with Crippen LogP contribution in [0.15, 0.2) is 37.2 Å². The van der Waals surface area contributed by atoms with E-state index >= 15 is 0 Å². The Labute approximate surface area is 206 Å². The first-order valence-electron chi connectivity index (χ1n) is 12.2. The van der Waals surface area contributed by atoms with Crippen LogP contribution in [0, 0.1) is 0 Å². The number of allylic oxidation sites excluding steroid dienone is 1. The van der Waals surface area contributed by atoms with Gasteiger partial charge in [0.1, 0.15) is 12.1 Å². The van der Waals surface area contributed by atoms with Gasteiger partial charge in [-0.2, -0.15) is 0 Å². The van der Waals surface area contributed by atoms with Crippen molar-refractivity contribution in [1.82, 2.24) is 19.8 Å². The number of amides is 1. The summed E-state index contributed by atoms with van der Waals surface area (Å²) in [5.41, 5.74) is 4.35. The molecule has 0 saturated carbocycles. The summed E-state index contributed by atoms with van der Waals surface area (Å²) in [7, 11) is 0. The lowest BCUT2D eigenvalue weighted by molar-refractivity contribution is -0.133. The summed E-state index contributed by atoms with van der Waals surface area (Å²) in [4.78, 5) is 29.5. The van der Waals surface area contributed by atoms with Crippen molar-refractivity contribution in [3.05, 3.63) is 59.0 Å². The van der Waals surface area contributed by atoms with Gasteiger partial charge in [0.05, 0.1) is 18.2 Å². The Morgan fingerprint density at radius 2 is 1.82 bits per heavy atom. The van der Waals surface area contributed by atoms with E-state index < -0.39 is 0 Å². The molecule has 1 aromatic carbocycles. The molecule has 1 aromatic heterocycles. The second-order valence-electron chi connectivity index (χ2n) is 9.31. The van der Waals surface area contributed by atoms with Crippen LogP contribution in [-0.4, -0.2) is 84.7 Å². The third-order valence-corrected chi connectivity index (χ3v) is 7.39. The summed E-state index contributed by atoms with van der Waals surface area (Å²) in [5, 5.41) is 0.686. The van der Waals surface area contributed by atoms with Crippen LogP contribution in [-0.2, 0) is 16.0 Å². The minimum atomic E-state index is -0.218. The normalized spacial score (nSPS) is 20.2. The number of benzene rings is 1. The van der Waals surface area contributed by atoms with Crippen LogP contribution in [0.5, 0.6) is 0 Å². The van der Waals surface area contributed by atoms with Crippen molar-refractivity contribution >= 4 is 28.9 Å². The molecule has 180 valence electrons. The van der Waals surface area contributed by atoms with Gasteiger partial charge in [-0.25, -0.2) is 9.97 Å². The van der Waals surface area contributed by atoms with Crippen LogP contribution in [0.3, 0.4) is 0 Å². The van der Waals surface area contributed by atoms with Crippen LogP contribution < -0.4 is 4.90 Å². The molecule has 0 bridgehead atoms. The number of carbonyl (C=O) groups is 1. The fourth-order valence-electron chi connectivity index (χ4n) is 5.22. The molecule has 2 saturated heterocycles. The lowest BCUT2D eigenvalue weighted by atomic mass is 9.96. The zero-order valence-corrected chi connectivity index (χ0v) is 20.3. The molecule has 0 N–H and O–H groups in total. The van der Waals surface area contributed by atoms with Gasteiger partial charge in [-0.1, -0.05) is 30.3 Å². The maximum Gasteiger partial charge on any atom is 0.231 e. The lowest BCUT2D eigenvalue weighted by Gasteiger charge is -2.38. The summed E-state index contributed by atoms with van der Waals surface area (Å²) in [6.45, 7) is 11.1. The molecule has 1 amide bonds. The largest absolute Gasteiger partial charge is 0.380 e. The zero-order chi connectivity index (χ0) is 23.5. The Hall–Kier alpha value is -2.48. The van der Waals surface area contributed by atoms with E-state index in [4.69, 9.17) is 16.3 Å². The summed E-state index contributed by atoms with van der Waals surface area (Å²) in [5.74, 6) is 0.938. The molecule has 1 atom stereocenters. The number of piperazine rings is 1. The van der Waals surface area contributed by atoms with Crippen LogP contribution >= 0.6 is 11.6 Å². The van der Waals surface area contributed by atoms with E-state index in [1.807, 2.05) is 29.2 Å². The summed E-state index contributed by atoms with van der Waals surface area (Å²) >= 11 is 6.14. The Morgan fingerprint density at radius 1 is 1.03 bits per heavy atom. The van der Waals surface area contributed by atoms with Crippen molar-refractivity contribution in [2.24, 2.45) is 0 Å². The third kappa shape index (κ3) is 4.97. The number of carbonyl (C=O) groups excluding carboxylic acids is 1. The number of hydrogen-bond acceptors (Lipinski definition) is 6. The molecule has 3 aliphatic rings. The highest BCUT2D eigenvalue weighted by Gasteiger charge is 2.32.